The van der Waals surface area contributed by atoms with Crippen molar-refractivity contribution in [1.82, 2.24) is 16.0 Å². The van der Waals surface area contributed by atoms with Crippen LogP contribution in [0.25, 0.3) is 0 Å². The minimum absolute atomic E-state index is 0.00453. The van der Waals surface area contributed by atoms with E-state index in [1.54, 1.807) is 20.8 Å². The quantitative estimate of drug-likeness (QED) is 0.211. The molecule has 0 rings (SSSR count). The lowest BCUT2D eigenvalue weighted by atomic mass is 10.0. The minimum atomic E-state index is -1.38. The first-order valence-electron chi connectivity index (χ1n) is 11.2. The number of carboxylic acid groups (broad SMARTS) is 2. The molecular weight excluding hydrogens is 466 g/mol. The first-order valence-corrected chi connectivity index (χ1v) is 11.2. The van der Waals surface area contributed by atoms with E-state index in [4.69, 9.17) is 19.7 Å². The Morgan fingerprint density at radius 2 is 1.20 bits per heavy atom. The zero-order valence-corrected chi connectivity index (χ0v) is 21.0. The highest BCUT2D eigenvalue weighted by Crippen LogP contribution is 2.10. The lowest BCUT2D eigenvalue weighted by molar-refractivity contribution is -0.146. The number of ether oxygens (including phenoxy) is 2. The van der Waals surface area contributed by atoms with E-state index in [-0.39, 0.29) is 25.2 Å². The Bertz CT molecular complexity index is 776. The number of esters is 1. The molecule has 0 heterocycles. The van der Waals surface area contributed by atoms with Crippen LogP contribution in [0.3, 0.4) is 0 Å². The fourth-order valence-corrected chi connectivity index (χ4v) is 2.90. The van der Waals surface area contributed by atoms with Gasteiger partial charge in [0.2, 0.25) is 11.8 Å². The van der Waals surface area contributed by atoms with Crippen LogP contribution in [0.5, 0.6) is 0 Å². The largest absolute Gasteiger partial charge is 0.481 e. The molecule has 13 heteroatoms. The first kappa shape index (κ1) is 31.6. The molecular formula is C22H37N3O10. The molecule has 13 nitrogen and oxygen atoms in total. The maximum atomic E-state index is 12.9. The Hall–Kier alpha value is -3.38. The number of carboxylic acids is 2. The summed E-state index contributed by atoms with van der Waals surface area (Å²) < 4.78 is 9.80. The number of amides is 3. The average molecular weight is 504 g/mol. The lowest BCUT2D eigenvalue weighted by Gasteiger charge is -2.26. The summed E-state index contributed by atoms with van der Waals surface area (Å²) >= 11 is 0. The maximum Gasteiger partial charge on any atom is 0.408 e. The van der Waals surface area contributed by atoms with E-state index in [9.17, 15) is 28.8 Å². The Morgan fingerprint density at radius 1 is 0.771 bits per heavy atom. The summed E-state index contributed by atoms with van der Waals surface area (Å²) in [5, 5.41) is 25.1. The fourth-order valence-electron chi connectivity index (χ4n) is 2.90. The van der Waals surface area contributed by atoms with E-state index >= 15 is 0 Å². The number of carbonyl (C=O) groups is 6. The summed E-state index contributed by atoms with van der Waals surface area (Å²) in [6.45, 7) is 8.43. The Kier molecular flexibility index (Phi) is 13.4. The molecule has 0 unspecified atom stereocenters. The zero-order valence-electron chi connectivity index (χ0n) is 21.0. The van der Waals surface area contributed by atoms with Crippen LogP contribution in [-0.2, 0) is 33.4 Å². The second kappa shape index (κ2) is 14.8. The van der Waals surface area contributed by atoms with Crippen molar-refractivity contribution in [3.8, 4) is 0 Å². The topological polar surface area (TPSA) is 197 Å². The molecule has 0 aromatic rings. The van der Waals surface area contributed by atoms with Crippen molar-refractivity contribution in [3.63, 3.8) is 0 Å². The number of methoxy groups -OCH3 is 1. The lowest BCUT2D eigenvalue weighted by Crippen LogP contribution is -2.56. The van der Waals surface area contributed by atoms with Gasteiger partial charge in [0.1, 0.15) is 23.7 Å². The number of rotatable bonds is 14. The van der Waals surface area contributed by atoms with Gasteiger partial charge < -0.3 is 35.6 Å². The number of carbonyl (C=O) groups excluding carboxylic acids is 4. The Labute approximate surface area is 204 Å². The van der Waals surface area contributed by atoms with Gasteiger partial charge >= 0.3 is 24.0 Å². The van der Waals surface area contributed by atoms with Gasteiger partial charge in [-0.2, -0.15) is 0 Å². The van der Waals surface area contributed by atoms with Gasteiger partial charge in [0.25, 0.3) is 0 Å². The van der Waals surface area contributed by atoms with Crippen molar-refractivity contribution in [2.24, 2.45) is 5.92 Å². The third kappa shape index (κ3) is 14.5. The molecule has 0 saturated carbocycles. The number of aliphatic carboxylic acids is 2. The van der Waals surface area contributed by atoms with Crippen LogP contribution >= 0.6 is 0 Å². The molecule has 0 aliphatic carbocycles. The van der Waals surface area contributed by atoms with Crippen LogP contribution in [0.2, 0.25) is 0 Å². The molecule has 0 aliphatic rings. The molecule has 0 bridgehead atoms. The highest BCUT2D eigenvalue weighted by Gasteiger charge is 2.31. The van der Waals surface area contributed by atoms with Gasteiger partial charge in [-0.15, -0.1) is 0 Å². The van der Waals surface area contributed by atoms with Gasteiger partial charge in [0, 0.05) is 12.8 Å². The molecule has 0 radical (unpaired) electrons. The summed E-state index contributed by atoms with van der Waals surface area (Å²) in [5.41, 5.74) is -0.888. The van der Waals surface area contributed by atoms with Gasteiger partial charge in [-0.05, 0) is 46.0 Å². The van der Waals surface area contributed by atoms with Crippen molar-refractivity contribution in [2.75, 3.05) is 7.11 Å². The van der Waals surface area contributed by atoms with Gasteiger partial charge in [-0.3, -0.25) is 19.2 Å². The van der Waals surface area contributed by atoms with Crippen LogP contribution in [0, 0.1) is 5.92 Å². The van der Waals surface area contributed by atoms with Crippen molar-refractivity contribution in [1.29, 1.82) is 0 Å². The molecule has 0 saturated heterocycles. The van der Waals surface area contributed by atoms with Crippen LogP contribution in [0.15, 0.2) is 0 Å². The monoisotopic (exact) mass is 503 g/mol. The summed E-state index contributed by atoms with van der Waals surface area (Å²) in [6, 6.07) is -3.79. The number of nitrogens with one attached hydrogen (secondary N) is 3. The molecule has 3 amide bonds. The van der Waals surface area contributed by atoms with Gasteiger partial charge in [0.05, 0.1) is 7.11 Å². The van der Waals surface area contributed by atoms with Crippen molar-refractivity contribution in [2.45, 2.75) is 90.4 Å². The van der Waals surface area contributed by atoms with Crippen LogP contribution in [0.4, 0.5) is 4.79 Å². The van der Waals surface area contributed by atoms with Crippen molar-refractivity contribution >= 4 is 35.8 Å². The summed E-state index contributed by atoms with van der Waals surface area (Å²) in [7, 11) is 1.15. The first-order chi connectivity index (χ1) is 16.0. The Morgan fingerprint density at radius 3 is 1.57 bits per heavy atom. The fraction of sp³-hybridized carbons (Fsp3) is 0.727. The standard InChI is InChI=1S/C22H37N3O10/c1-12(2)11-15(20(32)34-6)24-18(30)13(7-9-16(26)27)23-19(31)14(8-10-17(28)29)25-21(33)35-22(3,4)5/h12-15H,7-11H2,1-6H3,(H,23,31)(H,24,30)(H,25,33)(H,26,27)(H,28,29)/t13-,14-,15+/m1/s1. The molecule has 0 aromatic carbocycles. The summed E-state index contributed by atoms with van der Waals surface area (Å²) in [5.74, 6) is -4.89. The predicted molar refractivity (Wildman–Crippen MR) is 122 cm³/mol. The molecule has 35 heavy (non-hydrogen) atoms. The van der Waals surface area contributed by atoms with Gasteiger partial charge in [-0.25, -0.2) is 9.59 Å². The third-order valence-electron chi connectivity index (χ3n) is 4.44. The SMILES string of the molecule is COC(=O)[C@H](CC(C)C)NC(=O)[C@@H](CCC(=O)O)NC(=O)[C@@H](CCC(=O)O)NC(=O)OC(C)(C)C. The summed E-state index contributed by atoms with van der Waals surface area (Å²) in [4.78, 5) is 72.0. The van der Waals surface area contributed by atoms with Gasteiger partial charge in [0.15, 0.2) is 0 Å². The van der Waals surface area contributed by atoms with Crippen LogP contribution in [-0.4, -0.2) is 76.9 Å². The predicted octanol–water partition coefficient (Wildman–Crippen LogP) is 0.798. The average Bonchev–Trinajstić information content (AvgIpc) is 2.70. The second-order valence-electron chi connectivity index (χ2n) is 9.34. The smallest absolute Gasteiger partial charge is 0.408 e. The van der Waals surface area contributed by atoms with E-state index in [1.165, 1.54) is 0 Å². The van der Waals surface area contributed by atoms with E-state index in [1.807, 2.05) is 13.8 Å². The van der Waals surface area contributed by atoms with Crippen molar-refractivity contribution in [3.05, 3.63) is 0 Å². The number of alkyl carbamates (subject to hydrolysis) is 1. The number of hydrogen-bond acceptors (Lipinski definition) is 8. The highest BCUT2D eigenvalue weighted by atomic mass is 16.6. The van der Waals surface area contributed by atoms with Crippen LogP contribution in [0.1, 0.15) is 66.7 Å². The summed E-state index contributed by atoms with van der Waals surface area (Å²) in [6.07, 6.45) is -2.33. The van der Waals surface area contributed by atoms with Gasteiger partial charge in [-0.1, -0.05) is 13.8 Å². The van der Waals surface area contributed by atoms with E-state index in [0.29, 0.717) is 0 Å². The minimum Gasteiger partial charge on any atom is -0.481 e. The molecule has 0 aliphatic heterocycles. The van der Waals surface area contributed by atoms with E-state index < -0.39 is 72.4 Å². The molecule has 0 fully saturated rings. The Balaban J connectivity index is 5.67. The number of hydrogen-bond donors (Lipinski definition) is 5. The van der Waals surface area contributed by atoms with E-state index in [2.05, 4.69) is 16.0 Å². The highest BCUT2D eigenvalue weighted by molar-refractivity contribution is 5.93. The van der Waals surface area contributed by atoms with E-state index in [0.717, 1.165) is 7.11 Å². The normalized spacial score (nSPS) is 13.7. The zero-order chi connectivity index (χ0) is 27.3. The van der Waals surface area contributed by atoms with Crippen molar-refractivity contribution < 1.29 is 48.5 Å². The molecule has 0 spiro atoms. The molecule has 5 N–H and O–H groups in total. The molecule has 200 valence electrons. The van der Waals surface area contributed by atoms with Crippen LogP contribution < -0.4 is 16.0 Å². The molecule has 0 aromatic heterocycles. The molecule has 3 atom stereocenters. The maximum absolute atomic E-state index is 12.9. The third-order valence-corrected chi connectivity index (χ3v) is 4.44. The second-order valence-corrected chi connectivity index (χ2v) is 9.34.